The van der Waals surface area contributed by atoms with Gasteiger partial charge in [0, 0.05) is 24.6 Å². The van der Waals surface area contributed by atoms with Crippen LogP contribution in [0.3, 0.4) is 0 Å². The minimum Gasteiger partial charge on any atom is -0.493 e. The van der Waals surface area contributed by atoms with Crippen LogP contribution in [0.5, 0.6) is 5.75 Å². The Morgan fingerprint density at radius 2 is 1.62 bits per heavy atom. The van der Waals surface area contributed by atoms with Crippen LogP contribution in [0.1, 0.15) is 16.7 Å². The smallest absolute Gasteiger partial charge is 0.221 e. The topological polar surface area (TPSA) is 87.0 Å². The molecule has 3 rings (SSSR count). The maximum atomic E-state index is 5.86. The van der Waals surface area contributed by atoms with E-state index in [1.165, 1.54) is 5.56 Å². The van der Waals surface area contributed by atoms with Gasteiger partial charge in [-0.1, -0.05) is 42.5 Å². The maximum Gasteiger partial charge on any atom is 0.221 e. The molecule has 0 unspecified atom stereocenters. The van der Waals surface area contributed by atoms with E-state index in [1.54, 1.807) is 6.20 Å². The lowest BCUT2D eigenvalue weighted by atomic mass is 10.1. The third-order valence-corrected chi connectivity index (χ3v) is 3.74. The minimum atomic E-state index is 0.193. The highest BCUT2D eigenvalue weighted by Crippen LogP contribution is 2.18. The second-order valence-electron chi connectivity index (χ2n) is 5.54. The highest BCUT2D eigenvalue weighted by atomic mass is 16.5. The average Bonchev–Trinajstić information content (AvgIpc) is 2.60. The summed E-state index contributed by atoms with van der Waals surface area (Å²) in [5, 5.41) is 0. The van der Waals surface area contributed by atoms with Crippen molar-refractivity contribution in [1.82, 2.24) is 9.97 Å². The molecule has 0 atom stereocenters. The molecule has 3 aromatic rings. The van der Waals surface area contributed by atoms with E-state index in [2.05, 4.69) is 22.1 Å². The summed E-state index contributed by atoms with van der Waals surface area (Å²) in [5.74, 6) is 1.47. The van der Waals surface area contributed by atoms with Gasteiger partial charge in [0.1, 0.15) is 11.6 Å². The van der Waals surface area contributed by atoms with Crippen LogP contribution >= 0.6 is 0 Å². The van der Waals surface area contributed by atoms with Gasteiger partial charge < -0.3 is 16.2 Å². The number of benzene rings is 2. The number of rotatable bonds is 6. The number of hydrogen-bond acceptors (Lipinski definition) is 5. The number of aromatic nitrogens is 2. The normalized spacial score (nSPS) is 10.5. The maximum absolute atomic E-state index is 5.86. The van der Waals surface area contributed by atoms with Crippen molar-refractivity contribution in [3.05, 3.63) is 77.5 Å². The van der Waals surface area contributed by atoms with Gasteiger partial charge in [0.25, 0.3) is 0 Å². The molecule has 0 radical (unpaired) electrons. The standard InChI is InChI=1S/C19H20N4O/c20-18-16(13-22-19(21)23-18)12-15-6-8-17(9-7-15)24-11-10-14-4-2-1-3-5-14/h1-9,13H,10-12H2,(H4,20,21,22,23). The van der Waals surface area contributed by atoms with E-state index in [0.717, 1.165) is 23.3 Å². The lowest BCUT2D eigenvalue weighted by Crippen LogP contribution is -2.04. The molecule has 1 heterocycles. The summed E-state index contributed by atoms with van der Waals surface area (Å²) >= 11 is 0. The van der Waals surface area contributed by atoms with Crippen LogP contribution in [0.15, 0.2) is 60.8 Å². The van der Waals surface area contributed by atoms with Gasteiger partial charge in [-0.15, -0.1) is 0 Å². The van der Waals surface area contributed by atoms with Gasteiger partial charge in [0.05, 0.1) is 6.61 Å². The quantitative estimate of drug-likeness (QED) is 0.729. The highest BCUT2D eigenvalue weighted by Gasteiger charge is 2.04. The van der Waals surface area contributed by atoms with Gasteiger partial charge in [-0.2, -0.15) is 4.98 Å². The second kappa shape index (κ2) is 7.46. The summed E-state index contributed by atoms with van der Waals surface area (Å²) in [6.07, 6.45) is 3.22. The lowest BCUT2D eigenvalue weighted by molar-refractivity contribution is 0.322. The first-order chi connectivity index (χ1) is 11.7. The number of nitrogen functional groups attached to an aromatic ring is 2. The molecule has 1 aromatic heterocycles. The predicted octanol–water partition coefficient (Wildman–Crippen LogP) is 2.85. The Kier molecular flexibility index (Phi) is 4.91. The molecular formula is C19H20N4O. The number of nitrogens with zero attached hydrogens (tertiary/aromatic N) is 2. The monoisotopic (exact) mass is 320 g/mol. The summed E-state index contributed by atoms with van der Waals surface area (Å²) < 4.78 is 5.79. The van der Waals surface area contributed by atoms with E-state index in [-0.39, 0.29) is 5.95 Å². The molecular weight excluding hydrogens is 300 g/mol. The molecule has 0 aliphatic carbocycles. The Balaban J connectivity index is 1.55. The number of anilines is 2. The molecule has 0 bridgehead atoms. The van der Waals surface area contributed by atoms with Gasteiger partial charge in [-0.25, -0.2) is 4.98 Å². The fourth-order valence-corrected chi connectivity index (χ4v) is 2.43. The molecule has 122 valence electrons. The summed E-state index contributed by atoms with van der Waals surface area (Å²) in [5.41, 5.74) is 14.6. The summed E-state index contributed by atoms with van der Waals surface area (Å²) in [6.45, 7) is 0.655. The Labute approximate surface area is 141 Å². The molecule has 0 amide bonds. The van der Waals surface area contributed by atoms with Crippen molar-refractivity contribution in [2.45, 2.75) is 12.8 Å². The number of hydrogen-bond donors (Lipinski definition) is 2. The zero-order valence-electron chi connectivity index (χ0n) is 13.4. The zero-order valence-corrected chi connectivity index (χ0v) is 13.4. The van der Waals surface area contributed by atoms with Crippen molar-refractivity contribution in [2.24, 2.45) is 0 Å². The van der Waals surface area contributed by atoms with Gasteiger partial charge >= 0.3 is 0 Å². The Bertz CT molecular complexity index is 788. The molecule has 0 saturated heterocycles. The van der Waals surface area contributed by atoms with Crippen LogP contribution in [0.4, 0.5) is 11.8 Å². The molecule has 0 aliphatic rings. The first kappa shape index (κ1) is 15.8. The third kappa shape index (κ3) is 4.23. The van der Waals surface area contributed by atoms with Crippen molar-refractivity contribution in [3.8, 4) is 5.75 Å². The van der Waals surface area contributed by atoms with Gasteiger partial charge in [-0.05, 0) is 23.3 Å². The van der Waals surface area contributed by atoms with E-state index in [9.17, 15) is 0 Å². The molecule has 0 saturated carbocycles. The molecule has 0 aliphatic heterocycles. The molecule has 5 heteroatoms. The Morgan fingerprint density at radius 1 is 0.875 bits per heavy atom. The van der Waals surface area contributed by atoms with E-state index in [0.29, 0.717) is 18.8 Å². The number of ether oxygens (including phenoxy) is 1. The van der Waals surface area contributed by atoms with Gasteiger partial charge in [-0.3, -0.25) is 0 Å². The van der Waals surface area contributed by atoms with Crippen LogP contribution in [0, 0.1) is 0 Å². The van der Waals surface area contributed by atoms with Crippen LogP contribution in [0.25, 0.3) is 0 Å². The van der Waals surface area contributed by atoms with E-state index < -0.39 is 0 Å². The second-order valence-corrected chi connectivity index (χ2v) is 5.54. The molecule has 5 nitrogen and oxygen atoms in total. The SMILES string of the molecule is Nc1ncc(Cc2ccc(OCCc3ccccc3)cc2)c(N)n1. The predicted molar refractivity (Wildman–Crippen MR) is 95.7 cm³/mol. The third-order valence-electron chi connectivity index (χ3n) is 3.74. The summed E-state index contributed by atoms with van der Waals surface area (Å²) in [6, 6.07) is 18.3. The van der Waals surface area contributed by atoms with Crippen molar-refractivity contribution in [3.63, 3.8) is 0 Å². The highest BCUT2D eigenvalue weighted by molar-refractivity contribution is 5.44. The van der Waals surface area contributed by atoms with Crippen molar-refractivity contribution >= 4 is 11.8 Å². The van der Waals surface area contributed by atoms with E-state index in [4.69, 9.17) is 16.2 Å². The lowest BCUT2D eigenvalue weighted by Gasteiger charge is -2.08. The molecule has 0 spiro atoms. The fourth-order valence-electron chi connectivity index (χ4n) is 2.43. The van der Waals surface area contributed by atoms with Crippen LogP contribution in [0.2, 0.25) is 0 Å². The van der Waals surface area contributed by atoms with Gasteiger partial charge in [0.2, 0.25) is 5.95 Å². The largest absolute Gasteiger partial charge is 0.493 e. The molecule has 0 fully saturated rings. The first-order valence-corrected chi connectivity index (χ1v) is 7.83. The molecule has 4 N–H and O–H groups in total. The van der Waals surface area contributed by atoms with Crippen molar-refractivity contribution in [2.75, 3.05) is 18.1 Å². The van der Waals surface area contributed by atoms with Crippen molar-refractivity contribution in [1.29, 1.82) is 0 Å². The Morgan fingerprint density at radius 3 is 2.33 bits per heavy atom. The van der Waals surface area contributed by atoms with Crippen LogP contribution in [-0.2, 0) is 12.8 Å². The van der Waals surface area contributed by atoms with Gasteiger partial charge in [0.15, 0.2) is 0 Å². The Hall–Kier alpha value is -3.08. The zero-order chi connectivity index (χ0) is 16.8. The first-order valence-electron chi connectivity index (χ1n) is 7.83. The van der Waals surface area contributed by atoms with Crippen molar-refractivity contribution < 1.29 is 4.74 Å². The summed E-state index contributed by atoms with van der Waals surface area (Å²) in [7, 11) is 0. The van der Waals surface area contributed by atoms with Crippen LogP contribution in [-0.4, -0.2) is 16.6 Å². The average molecular weight is 320 g/mol. The molecule has 24 heavy (non-hydrogen) atoms. The van der Waals surface area contributed by atoms with E-state index in [1.807, 2.05) is 42.5 Å². The van der Waals surface area contributed by atoms with Crippen LogP contribution < -0.4 is 16.2 Å². The molecule has 2 aromatic carbocycles. The fraction of sp³-hybridized carbons (Fsp3) is 0.158. The summed E-state index contributed by atoms with van der Waals surface area (Å²) in [4.78, 5) is 7.96. The number of nitrogens with two attached hydrogens (primary N) is 2. The minimum absolute atomic E-state index is 0.193. The van der Waals surface area contributed by atoms with E-state index >= 15 is 0 Å².